The van der Waals surface area contributed by atoms with Gasteiger partial charge in [0, 0.05) is 18.3 Å². The molecule has 0 aliphatic heterocycles. The van der Waals surface area contributed by atoms with E-state index in [-0.39, 0.29) is 11.9 Å². The molecule has 23 heavy (non-hydrogen) atoms. The minimum atomic E-state index is -3.28. The van der Waals surface area contributed by atoms with Gasteiger partial charge >= 0.3 is 0 Å². The SMILES string of the molecule is CC(C)(C)S(=O)(=O)NC1CCC(CNc2cccc(F)c2)CC1. The first kappa shape index (κ1) is 18.2. The number of benzene rings is 1. The molecule has 0 spiro atoms. The maximum Gasteiger partial charge on any atom is 0.216 e. The van der Waals surface area contributed by atoms with E-state index in [1.54, 1.807) is 26.8 Å². The molecule has 0 radical (unpaired) electrons. The molecule has 0 bridgehead atoms. The molecule has 0 saturated heterocycles. The second-order valence-corrected chi connectivity index (χ2v) is 9.81. The molecule has 0 heterocycles. The van der Waals surface area contributed by atoms with Crippen LogP contribution in [-0.4, -0.2) is 25.8 Å². The molecule has 6 heteroatoms. The first-order chi connectivity index (χ1) is 10.7. The van der Waals surface area contributed by atoms with Gasteiger partial charge in [-0.05, 0) is 70.6 Å². The average Bonchev–Trinajstić information content (AvgIpc) is 2.45. The summed E-state index contributed by atoms with van der Waals surface area (Å²) >= 11 is 0. The fraction of sp³-hybridized carbons (Fsp3) is 0.647. The van der Waals surface area contributed by atoms with Crippen molar-refractivity contribution < 1.29 is 12.8 Å². The zero-order valence-electron chi connectivity index (χ0n) is 14.1. The van der Waals surface area contributed by atoms with Crippen LogP contribution in [0.1, 0.15) is 46.5 Å². The number of rotatable bonds is 5. The van der Waals surface area contributed by atoms with Gasteiger partial charge in [0.25, 0.3) is 0 Å². The molecule has 1 aliphatic carbocycles. The lowest BCUT2D eigenvalue weighted by atomic mass is 9.86. The number of anilines is 1. The maximum absolute atomic E-state index is 13.1. The van der Waals surface area contributed by atoms with Crippen molar-refractivity contribution in [3.63, 3.8) is 0 Å². The average molecular weight is 342 g/mol. The van der Waals surface area contributed by atoms with Crippen LogP contribution in [0.2, 0.25) is 0 Å². The predicted molar refractivity (Wildman–Crippen MR) is 92.4 cm³/mol. The van der Waals surface area contributed by atoms with E-state index in [2.05, 4.69) is 10.0 Å². The quantitative estimate of drug-likeness (QED) is 0.861. The molecule has 0 aromatic heterocycles. The summed E-state index contributed by atoms with van der Waals surface area (Å²) < 4.78 is 39.6. The van der Waals surface area contributed by atoms with Crippen LogP contribution in [0, 0.1) is 11.7 Å². The zero-order valence-corrected chi connectivity index (χ0v) is 14.9. The van der Waals surface area contributed by atoms with Crippen LogP contribution < -0.4 is 10.0 Å². The van der Waals surface area contributed by atoms with Crippen molar-refractivity contribution in [2.24, 2.45) is 5.92 Å². The van der Waals surface area contributed by atoms with Gasteiger partial charge in [-0.3, -0.25) is 0 Å². The highest BCUT2D eigenvalue weighted by Gasteiger charge is 2.32. The fourth-order valence-corrected chi connectivity index (χ4v) is 3.77. The standard InChI is InChI=1S/C17H27FN2O2S/c1-17(2,3)23(21,22)20-15-9-7-13(8-10-15)12-19-16-6-4-5-14(18)11-16/h4-6,11,13,15,19-20H,7-10,12H2,1-3H3. The van der Waals surface area contributed by atoms with Gasteiger partial charge in [0.1, 0.15) is 5.82 Å². The third-order valence-corrected chi connectivity index (χ3v) is 6.65. The summed E-state index contributed by atoms with van der Waals surface area (Å²) in [5.41, 5.74) is 0.792. The molecule has 1 aromatic rings. The van der Waals surface area contributed by atoms with Gasteiger partial charge in [0.15, 0.2) is 0 Å². The summed E-state index contributed by atoms with van der Waals surface area (Å²) in [6.07, 6.45) is 3.65. The van der Waals surface area contributed by atoms with Crippen molar-refractivity contribution in [2.45, 2.75) is 57.2 Å². The summed E-state index contributed by atoms with van der Waals surface area (Å²) in [5, 5.41) is 3.26. The maximum atomic E-state index is 13.1. The lowest BCUT2D eigenvalue weighted by Gasteiger charge is -2.31. The number of halogens is 1. The largest absolute Gasteiger partial charge is 0.385 e. The van der Waals surface area contributed by atoms with Crippen molar-refractivity contribution in [2.75, 3.05) is 11.9 Å². The Hall–Kier alpha value is -1.14. The van der Waals surface area contributed by atoms with E-state index in [1.165, 1.54) is 12.1 Å². The number of hydrogen-bond acceptors (Lipinski definition) is 3. The minimum absolute atomic E-state index is 0.0321. The Kier molecular flexibility index (Phi) is 5.68. The van der Waals surface area contributed by atoms with Crippen LogP contribution in [-0.2, 0) is 10.0 Å². The molecule has 0 amide bonds. The third-order valence-electron chi connectivity index (χ3n) is 4.39. The highest BCUT2D eigenvalue weighted by Crippen LogP contribution is 2.26. The Labute approximate surface area is 138 Å². The number of nitrogens with one attached hydrogen (secondary N) is 2. The molecule has 0 atom stereocenters. The monoisotopic (exact) mass is 342 g/mol. The second-order valence-electron chi connectivity index (χ2n) is 7.34. The van der Waals surface area contributed by atoms with Crippen LogP contribution in [0.3, 0.4) is 0 Å². The van der Waals surface area contributed by atoms with Crippen LogP contribution in [0.4, 0.5) is 10.1 Å². The van der Waals surface area contributed by atoms with Crippen LogP contribution in [0.15, 0.2) is 24.3 Å². The highest BCUT2D eigenvalue weighted by molar-refractivity contribution is 7.90. The van der Waals surface area contributed by atoms with E-state index in [0.717, 1.165) is 37.9 Å². The summed E-state index contributed by atoms with van der Waals surface area (Å²) in [6, 6.07) is 6.49. The first-order valence-electron chi connectivity index (χ1n) is 8.19. The lowest BCUT2D eigenvalue weighted by Crippen LogP contribution is -2.46. The van der Waals surface area contributed by atoms with E-state index >= 15 is 0 Å². The molecule has 1 fully saturated rings. The molecule has 1 aliphatic rings. The summed E-state index contributed by atoms with van der Waals surface area (Å²) in [4.78, 5) is 0. The molecule has 1 aromatic carbocycles. The third kappa shape index (κ3) is 5.18. The zero-order chi connectivity index (χ0) is 17.1. The minimum Gasteiger partial charge on any atom is -0.385 e. The Balaban J connectivity index is 1.78. The van der Waals surface area contributed by atoms with Gasteiger partial charge in [-0.1, -0.05) is 6.07 Å². The molecule has 0 unspecified atom stereocenters. The van der Waals surface area contributed by atoms with Crippen molar-refractivity contribution in [1.82, 2.24) is 4.72 Å². The van der Waals surface area contributed by atoms with Gasteiger partial charge in [-0.2, -0.15) is 0 Å². The predicted octanol–water partition coefficient (Wildman–Crippen LogP) is 3.51. The Morgan fingerprint density at radius 1 is 1.17 bits per heavy atom. The van der Waals surface area contributed by atoms with Crippen molar-refractivity contribution in [1.29, 1.82) is 0 Å². The van der Waals surface area contributed by atoms with Crippen molar-refractivity contribution in [3.8, 4) is 0 Å². The molecular weight excluding hydrogens is 315 g/mol. The molecule has 2 N–H and O–H groups in total. The number of sulfonamides is 1. The van der Waals surface area contributed by atoms with E-state index in [1.807, 2.05) is 6.07 Å². The number of hydrogen-bond donors (Lipinski definition) is 2. The van der Waals surface area contributed by atoms with E-state index in [4.69, 9.17) is 0 Å². The van der Waals surface area contributed by atoms with Crippen molar-refractivity contribution in [3.05, 3.63) is 30.1 Å². The van der Waals surface area contributed by atoms with Gasteiger partial charge in [0.05, 0.1) is 4.75 Å². The first-order valence-corrected chi connectivity index (χ1v) is 9.67. The summed E-state index contributed by atoms with van der Waals surface area (Å²) in [7, 11) is -3.28. The second kappa shape index (κ2) is 7.18. The molecule has 1 saturated carbocycles. The van der Waals surface area contributed by atoms with E-state index in [9.17, 15) is 12.8 Å². The highest BCUT2D eigenvalue weighted by atomic mass is 32.2. The molecule has 4 nitrogen and oxygen atoms in total. The van der Waals surface area contributed by atoms with Gasteiger partial charge in [-0.15, -0.1) is 0 Å². The van der Waals surface area contributed by atoms with Crippen LogP contribution in [0.25, 0.3) is 0 Å². The Morgan fingerprint density at radius 2 is 1.83 bits per heavy atom. The van der Waals surface area contributed by atoms with Gasteiger partial charge in [-0.25, -0.2) is 17.5 Å². The lowest BCUT2D eigenvalue weighted by molar-refractivity contribution is 0.322. The van der Waals surface area contributed by atoms with E-state index in [0.29, 0.717) is 5.92 Å². The molecule has 130 valence electrons. The fourth-order valence-electron chi connectivity index (χ4n) is 2.74. The van der Waals surface area contributed by atoms with Gasteiger partial charge in [0.2, 0.25) is 10.0 Å². The molecule has 2 rings (SSSR count). The van der Waals surface area contributed by atoms with Crippen LogP contribution in [0.5, 0.6) is 0 Å². The molecular formula is C17H27FN2O2S. The summed E-state index contributed by atoms with van der Waals surface area (Å²) in [6.45, 7) is 5.93. The van der Waals surface area contributed by atoms with Crippen LogP contribution >= 0.6 is 0 Å². The smallest absolute Gasteiger partial charge is 0.216 e. The topological polar surface area (TPSA) is 58.2 Å². The van der Waals surface area contributed by atoms with Gasteiger partial charge < -0.3 is 5.32 Å². The summed E-state index contributed by atoms with van der Waals surface area (Å²) in [5.74, 6) is 0.254. The van der Waals surface area contributed by atoms with Crippen molar-refractivity contribution >= 4 is 15.7 Å². The Morgan fingerprint density at radius 3 is 2.39 bits per heavy atom. The Bertz CT molecular complexity index is 618. The normalized spacial score (nSPS) is 22.8. The van der Waals surface area contributed by atoms with E-state index < -0.39 is 14.8 Å².